The van der Waals surface area contributed by atoms with Crippen LogP contribution in [0.25, 0.3) is 0 Å². The number of halogens is 1. The van der Waals surface area contributed by atoms with Crippen molar-refractivity contribution in [1.82, 2.24) is 0 Å². The molecule has 1 aromatic heterocycles. The minimum absolute atomic E-state index is 0.561. The van der Waals surface area contributed by atoms with Crippen LogP contribution in [-0.2, 0) is 13.0 Å². The second kappa shape index (κ2) is 8.41. The van der Waals surface area contributed by atoms with Gasteiger partial charge in [-0.25, -0.2) is 0 Å². The summed E-state index contributed by atoms with van der Waals surface area (Å²) in [5.41, 5.74) is 6.79. The van der Waals surface area contributed by atoms with Crippen LogP contribution in [0.2, 0.25) is 0 Å². The first-order chi connectivity index (χ1) is 10.2. The van der Waals surface area contributed by atoms with Crippen molar-refractivity contribution in [3.8, 4) is 11.5 Å². The predicted octanol–water partition coefficient (Wildman–Crippen LogP) is 4.38. The fourth-order valence-electron chi connectivity index (χ4n) is 1.92. The van der Waals surface area contributed by atoms with Gasteiger partial charge in [-0.05, 0) is 53.0 Å². The summed E-state index contributed by atoms with van der Waals surface area (Å²) in [5.74, 6) is 1.71. The zero-order valence-corrected chi connectivity index (χ0v) is 14.5. The van der Waals surface area contributed by atoms with Crippen LogP contribution in [0.1, 0.15) is 23.8 Å². The lowest BCUT2D eigenvalue weighted by atomic mass is 10.1. The maximum Gasteiger partial charge on any atom is 0.126 e. The molecule has 0 fully saturated rings. The lowest BCUT2D eigenvalue weighted by molar-refractivity contribution is 0.294. The molecule has 3 nitrogen and oxygen atoms in total. The first kappa shape index (κ1) is 16.3. The highest BCUT2D eigenvalue weighted by atomic mass is 79.9. The molecular formula is C16H20BrNO2S. The maximum atomic E-state index is 5.96. The number of hydrogen-bond donors (Lipinski definition) is 1. The third kappa shape index (κ3) is 5.02. The van der Waals surface area contributed by atoms with Crippen molar-refractivity contribution in [3.05, 3.63) is 44.6 Å². The molecule has 0 saturated carbocycles. The molecule has 1 heterocycles. The minimum atomic E-state index is 0.561. The minimum Gasteiger partial charge on any atom is -0.493 e. The van der Waals surface area contributed by atoms with E-state index in [4.69, 9.17) is 15.2 Å². The van der Waals surface area contributed by atoms with Crippen molar-refractivity contribution >= 4 is 27.3 Å². The standard InChI is InChI=1S/C16H20BrNO2S/c1-2-7-19-14-4-3-12(5-6-18)16(9-14)20-10-15-8-13(17)11-21-15/h3-4,8-9,11H,2,5-7,10,18H2,1H3. The summed E-state index contributed by atoms with van der Waals surface area (Å²) in [6.45, 7) is 3.98. The molecule has 2 rings (SSSR count). The van der Waals surface area contributed by atoms with E-state index in [0.717, 1.165) is 34.4 Å². The molecule has 0 aliphatic rings. The van der Waals surface area contributed by atoms with Crippen molar-refractivity contribution in [2.24, 2.45) is 5.73 Å². The highest BCUT2D eigenvalue weighted by Gasteiger charge is 2.07. The van der Waals surface area contributed by atoms with E-state index in [0.29, 0.717) is 19.8 Å². The van der Waals surface area contributed by atoms with Crippen LogP contribution in [0.3, 0.4) is 0 Å². The summed E-state index contributed by atoms with van der Waals surface area (Å²) < 4.78 is 12.7. The number of hydrogen-bond acceptors (Lipinski definition) is 4. The highest BCUT2D eigenvalue weighted by Crippen LogP contribution is 2.28. The predicted molar refractivity (Wildman–Crippen MR) is 91.3 cm³/mol. The smallest absolute Gasteiger partial charge is 0.126 e. The van der Waals surface area contributed by atoms with Gasteiger partial charge in [-0.2, -0.15) is 0 Å². The first-order valence-corrected chi connectivity index (χ1v) is 8.71. The highest BCUT2D eigenvalue weighted by molar-refractivity contribution is 9.10. The summed E-state index contributed by atoms with van der Waals surface area (Å²) in [6.07, 6.45) is 1.79. The van der Waals surface area contributed by atoms with Crippen molar-refractivity contribution in [1.29, 1.82) is 0 Å². The molecule has 0 aliphatic carbocycles. The Morgan fingerprint density at radius 1 is 1.24 bits per heavy atom. The second-order valence-corrected chi connectivity index (χ2v) is 6.59. The van der Waals surface area contributed by atoms with Gasteiger partial charge in [-0.3, -0.25) is 0 Å². The monoisotopic (exact) mass is 369 g/mol. The van der Waals surface area contributed by atoms with Crippen molar-refractivity contribution in [2.45, 2.75) is 26.4 Å². The number of benzene rings is 1. The Morgan fingerprint density at radius 2 is 2.10 bits per heavy atom. The molecule has 2 aromatic rings. The number of nitrogens with two attached hydrogens (primary N) is 1. The fourth-order valence-corrected chi connectivity index (χ4v) is 3.28. The molecule has 0 saturated heterocycles. The molecule has 0 unspecified atom stereocenters. The van der Waals surface area contributed by atoms with Crippen LogP contribution in [0.15, 0.2) is 34.1 Å². The average molecular weight is 370 g/mol. The molecule has 114 valence electrons. The number of ether oxygens (including phenoxy) is 2. The molecule has 1 aromatic carbocycles. The zero-order chi connectivity index (χ0) is 15.1. The lowest BCUT2D eigenvalue weighted by Gasteiger charge is -2.13. The molecule has 0 amide bonds. The van der Waals surface area contributed by atoms with Gasteiger partial charge in [-0.15, -0.1) is 11.3 Å². The summed E-state index contributed by atoms with van der Waals surface area (Å²) in [7, 11) is 0. The molecule has 0 bridgehead atoms. The molecule has 0 atom stereocenters. The molecule has 2 N–H and O–H groups in total. The van der Waals surface area contributed by atoms with E-state index in [9.17, 15) is 0 Å². The summed E-state index contributed by atoms with van der Waals surface area (Å²) in [5, 5.41) is 2.06. The van der Waals surface area contributed by atoms with Gasteiger partial charge in [0.25, 0.3) is 0 Å². The van der Waals surface area contributed by atoms with Gasteiger partial charge < -0.3 is 15.2 Å². The lowest BCUT2D eigenvalue weighted by Crippen LogP contribution is -2.06. The van der Waals surface area contributed by atoms with Crippen LogP contribution in [-0.4, -0.2) is 13.2 Å². The van der Waals surface area contributed by atoms with Gasteiger partial charge in [0.1, 0.15) is 18.1 Å². The van der Waals surface area contributed by atoms with Crippen LogP contribution in [0.4, 0.5) is 0 Å². The molecule has 21 heavy (non-hydrogen) atoms. The van der Waals surface area contributed by atoms with Crippen LogP contribution in [0, 0.1) is 0 Å². The van der Waals surface area contributed by atoms with Crippen LogP contribution in [0.5, 0.6) is 11.5 Å². The van der Waals surface area contributed by atoms with E-state index in [2.05, 4.69) is 34.3 Å². The number of rotatable bonds is 8. The van der Waals surface area contributed by atoms with Crippen molar-refractivity contribution < 1.29 is 9.47 Å². The molecule has 5 heteroatoms. The Bertz CT molecular complexity index is 571. The maximum absolute atomic E-state index is 5.96. The third-order valence-electron chi connectivity index (χ3n) is 2.92. The van der Waals surface area contributed by atoms with Crippen molar-refractivity contribution in [3.63, 3.8) is 0 Å². The summed E-state index contributed by atoms with van der Waals surface area (Å²) >= 11 is 5.13. The van der Waals surface area contributed by atoms with Crippen molar-refractivity contribution in [2.75, 3.05) is 13.2 Å². The summed E-state index contributed by atoms with van der Waals surface area (Å²) in [6, 6.07) is 8.06. The van der Waals surface area contributed by atoms with Gasteiger partial charge in [0, 0.05) is 20.8 Å². The van der Waals surface area contributed by atoms with E-state index in [1.807, 2.05) is 18.2 Å². The fraction of sp³-hybridized carbons (Fsp3) is 0.375. The Morgan fingerprint density at radius 3 is 2.76 bits per heavy atom. The molecule has 0 spiro atoms. The van der Waals surface area contributed by atoms with E-state index in [1.165, 1.54) is 4.88 Å². The van der Waals surface area contributed by atoms with Crippen LogP contribution >= 0.6 is 27.3 Å². The average Bonchev–Trinajstić information content (AvgIpc) is 2.90. The quantitative estimate of drug-likeness (QED) is 0.750. The largest absolute Gasteiger partial charge is 0.493 e. The Labute approximate surface area is 138 Å². The van der Waals surface area contributed by atoms with Gasteiger partial charge in [0.15, 0.2) is 0 Å². The third-order valence-corrected chi connectivity index (χ3v) is 4.59. The van der Waals surface area contributed by atoms with E-state index >= 15 is 0 Å². The molecule has 0 radical (unpaired) electrons. The first-order valence-electron chi connectivity index (χ1n) is 7.04. The van der Waals surface area contributed by atoms with Gasteiger partial charge in [-0.1, -0.05) is 13.0 Å². The second-order valence-electron chi connectivity index (χ2n) is 4.68. The van der Waals surface area contributed by atoms with Gasteiger partial charge in [0.2, 0.25) is 0 Å². The SMILES string of the molecule is CCCOc1ccc(CCN)c(OCc2cc(Br)cs2)c1. The Kier molecular flexibility index (Phi) is 6.54. The number of thiophene rings is 1. The summed E-state index contributed by atoms with van der Waals surface area (Å²) in [4.78, 5) is 1.18. The van der Waals surface area contributed by atoms with E-state index in [-0.39, 0.29) is 0 Å². The zero-order valence-electron chi connectivity index (χ0n) is 12.1. The van der Waals surface area contributed by atoms with Crippen LogP contribution < -0.4 is 15.2 Å². The molecule has 0 aliphatic heterocycles. The van der Waals surface area contributed by atoms with E-state index in [1.54, 1.807) is 11.3 Å². The van der Waals surface area contributed by atoms with Gasteiger partial charge >= 0.3 is 0 Å². The molecular weight excluding hydrogens is 350 g/mol. The Balaban J connectivity index is 2.09. The Hall–Kier alpha value is -1.04. The van der Waals surface area contributed by atoms with E-state index < -0.39 is 0 Å². The van der Waals surface area contributed by atoms with Gasteiger partial charge in [0.05, 0.1) is 6.61 Å². The normalized spacial score (nSPS) is 10.6. The topological polar surface area (TPSA) is 44.5 Å².